The van der Waals surface area contributed by atoms with Crippen LogP contribution in [0.4, 0.5) is 0 Å². The van der Waals surface area contributed by atoms with Gasteiger partial charge in [-0.2, -0.15) is 0 Å². The summed E-state index contributed by atoms with van der Waals surface area (Å²) in [6.07, 6.45) is 5.07. The van der Waals surface area contributed by atoms with Gasteiger partial charge in [0.25, 0.3) is 0 Å². The smallest absolute Gasteiger partial charge is 0.307 e. The van der Waals surface area contributed by atoms with Gasteiger partial charge in [-0.25, -0.2) is 0 Å². The first-order valence-corrected chi connectivity index (χ1v) is 6.56. The highest BCUT2D eigenvalue weighted by Crippen LogP contribution is 2.33. The maximum Gasteiger partial charge on any atom is 0.307 e. The summed E-state index contributed by atoms with van der Waals surface area (Å²) in [6.45, 7) is 0. The lowest BCUT2D eigenvalue weighted by Gasteiger charge is -2.19. The van der Waals surface area contributed by atoms with Gasteiger partial charge in [0.2, 0.25) is 0 Å². The van der Waals surface area contributed by atoms with Gasteiger partial charge in [-0.15, -0.1) is 0 Å². The molecule has 0 saturated heterocycles. The fraction of sp³-hybridized carbons (Fsp3) is 0.533. The molecule has 0 aliphatic heterocycles. The molecule has 0 amide bonds. The van der Waals surface area contributed by atoms with Gasteiger partial charge in [0.1, 0.15) is 5.75 Å². The third-order valence-electron chi connectivity index (χ3n) is 3.88. The van der Waals surface area contributed by atoms with E-state index in [1.54, 1.807) is 7.11 Å². The molecule has 1 aliphatic rings. The number of methoxy groups -OCH3 is 1. The quantitative estimate of drug-likeness (QED) is 0.870. The SMILES string of the molecule is COc1cccc(CC(C(=O)O)C2CCCC2)c1. The minimum atomic E-state index is -0.662. The molecule has 98 valence electrons. The highest BCUT2D eigenvalue weighted by molar-refractivity contribution is 5.71. The molecule has 2 rings (SSSR count). The van der Waals surface area contributed by atoms with Crippen molar-refractivity contribution < 1.29 is 14.6 Å². The number of ether oxygens (including phenoxy) is 1. The molecule has 1 aromatic carbocycles. The number of rotatable bonds is 5. The largest absolute Gasteiger partial charge is 0.497 e. The highest BCUT2D eigenvalue weighted by Gasteiger charge is 2.30. The lowest BCUT2D eigenvalue weighted by Crippen LogP contribution is -2.24. The molecule has 0 radical (unpaired) electrons. The van der Waals surface area contributed by atoms with E-state index in [2.05, 4.69) is 0 Å². The summed E-state index contributed by atoms with van der Waals surface area (Å²) < 4.78 is 5.17. The molecule has 18 heavy (non-hydrogen) atoms. The zero-order valence-electron chi connectivity index (χ0n) is 10.8. The molecule has 0 heterocycles. The van der Waals surface area contributed by atoms with Gasteiger partial charge in [-0.3, -0.25) is 4.79 Å². The van der Waals surface area contributed by atoms with E-state index in [4.69, 9.17) is 4.74 Å². The first-order valence-electron chi connectivity index (χ1n) is 6.56. The fourth-order valence-corrected chi connectivity index (χ4v) is 2.87. The number of benzene rings is 1. The van der Waals surface area contributed by atoms with E-state index < -0.39 is 5.97 Å². The van der Waals surface area contributed by atoms with Crippen LogP contribution in [0.3, 0.4) is 0 Å². The Bertz CT molecular complexity index is 408. The van der Waals surface area contributed by atoms with Crippen molar-refractivity contribution in [1.29, 1.82) is 0 Å². The summed E-state index contributed by atoms with van der Waals surface area (Å²) in [5, 5.41) is 9.39. The van der Waals surface area contributed by atoms with Crippen LogP contribution >= 0.6 is 0 Å². The average Bonchev–Trinajstić information content (AvgIpc) is 2.89. The van der Waals surface area contributed by atoms with Crippen molar-refractivity contribution in [2.24, 2.45) is 11.8 Å². The Morgan fingerprint density at radius 1 is 1.44 bits per heavy atom. The molecule has 1 atom stereocenters. The Morgan fingerprint density at radius 3 is 2.78 bits per heavy atom. The molecule has 1 aliphatic carbocycles. The van der Waals surface area contributed by atoms with Gasteiger partial charge in [0, 0.05) is 0 Å². The zero-order chi connectivity index (χ0) is 13.0. The Hall–Kier alpha value is -1.51. The van der Waals surface area contributed by atoms with E-state index in [9.17, 15) is 9.90 Å². The van der Waals surface area contributed by atoms with Crippen LogP contribution in [-0.2, 0) is 11.2 Å². The zero-order valence-corrected chi connectivity index (χ0v) is 10.8. The lowest BCUT2D eigenvalue weighted by atomic mass is 9.86. The van der Waals surface area contributed by atoms with Crippen molar-refractivity contribution in [2.75, 3.05) is 7.11 Å². The van der Waals surface area contributed by atoms with Gasteiger partial charge >= 0.3 is 5.97 Å². The molecular formula is C15H20O3. The summed E-state index contributed by atoms with van der Waals surface area (Å²) in [7, 11) is 1.63. The second-order valence-electron chi connectivity index (χ2n) is 5.04. The number of carboxylic acid groups (broad SMARTS) is 1. The van der Waals surface area contributed by atoms with Crippen LogP contribution < -0.4 is 4.74 Å². The van der Waals surface area contributed by atoms with E-state index in [0.29, 0.717) is 12.3 Å². The van der Waals surface area contributed by atoms with Gasteiger partial charge < -0.3 is 9.84 Å². The van der Waals surface area contributed by atoms with E-state index in [-0.39, 0.29) is 5.92 Å². The Balaban J connectivity index is 2.10. The van der Waals surface area contributed by atoms with E-state index in [1.165, 1.54) is 12.8 Å². The van der Waals surface area contributed by atoms with Gasteiger partial charge in [-0.05, 0) is 42.9 Å². The van der Waals surface area contributed by atoms with E-state index in [0.717, 1.165) is 24.2 Å². The van der Waals surface area contributed by atoms with Crippen molar-refractivity contribution in [2.45, 2.75) is 32.1 Å². The Morgan fingerprint density at radius 2 is 2.17 bits per heavy atom. The maximum absolute atomic E-state index is 11.4. The standard InChI is InChI=1S/C15H20O3/c1-18-13-8-4-5-11(9-13)10-14(15(16)17)12-6-2-3-7-12/h4-5,8-9,12,14H,2-3,6-7,10H2,1H3,(H,16,17). The number of hydrogen-bond acceptors (Lipinski definition) is 2. The second kappa shape index (κ2) is 5.89. The summed E-state index contributed by atoms with van der Waals surface area (Å²) in [5.74, 6) is 0.223. The summed E-state index contributed by atoms with van der Waals surface area (Å²) in [4.78, 5) is 11.4. The molecule has 1 aromatic rings. The van der Waals surface area contributed by atoms with Crippen LogP contribution in [0.5, 0.6) is 5.75 Å². The molecule has 3 heteroatoms. The molecule has 1 N–H and O–H groups in total. The van der Waals surface area contributed by atoms with Crippen molar-refractivity contribution in [1.82, 2.24) is 0 Å². The molecule has 0 aromatic heterocycles. The van der Waals surface area contributed by atoms with E-state index in [1.807, 2.05) is 24.3 Å². The summed E-state index contributed by atoms with van der Waals surface area (Å²) in [6, 6.07) is 7.72. The molecule has 1 fully saturated rings. The predicted octanol–water partition coefficient (Wildman–Crippen LogP) is 3.13. The molecule has 3 nitrogen and oxygen atoms in total. The molecule has 1 unspecified atom stereocenters. The van der Waals surface area contributed by atoms with Crippen molar-refractivity contribution >= 4 is 5.97 Å². The summed E-state index contributed by atoms with van der Waals surface area (Å²) in [5.41, 5.74) is 1.05. The van der Waals surface area contributed by atoms with Crippen molar-refractivity contribution in [3.05, 3.63) is 29.8 Å². The summed E-state index contributed by atoms with van der Waals surface area (Å²) >= 11 is 0. The minimum Gasteiger partial charge on any atom is -0.497 e. The van der Waals surface area contributed by atoms with Crippen LogP contribution in [0.15, 0.2) is 24.3 Å². The Labute approximate surface area is 108 Å². The van der Waals surface area contributed by atoms with Crippen LogP contribution in [0.2, 0.25) is 0 Å². The van der Waals surface area contributed by atoms with Crippen LogP contribution in [0.1, 0.15) is 31.2 Å². The average molecular weight is 248 g/mol. The lowest BCUT2D eigenvalue weighted by molar-refractivity contribution is -0.143. The van der Waals surface area contributed by atoms with Crippen LogP contribution in [-0.4, -0.2) is 18.2 Å². The monoisotopic (exact) mass is 248 g/mol. The van der Waals surface area contributed by atoms with Crippen LogP contribution in [0, 0.1) is 11.8 Å². The second-order valence-corrected chi connectivity index (χ2v) is 5.04. The van der Waals surface area contributed by atoms with Gasteiger partial charge in [0.15, 0.2) is 0 Å². The van der Waals surface area contributed by atoms with Gasteiger partial charge in [0.05, 0.1) is 13.0 Å². The van der Waals surface area contributed by atoms with Crippen LogP contribution in [0.25, 0.3) is 0 Å². The highest BCUT2D eigenvalue weighted by atomic mass is 16.5. The molecule has 0 bridgehead atoms. The van der Waals surface area contributed by atoms with Crippen molar-refractivity contribution in [3.63, 3.8) is 0 Å². The molecule has 1 saturated carbocycles. The number of aliphatic carboxylic acids is 1. The number of carboxylic acids is 1. The predicted molar refractivity (Wildman–Crippen MR) is 69.8 cm³/mol. The Kier molecular flexibility index (Phi) is 4.24. The van der Waals surface area contributed by atoms with Crippen molar-refractivity contribution in [3.8, 4) is 5.75 Å². The first kappa shape index (κ1) is 12.9. The third kappa shape index (κ3) is 3.03. The normalized spacial score (nSPS) is 17.6. The molecular weight excluding hydrogens is 228 g/mol. The number of hydrogen-bond donors (Lipinski definition) is 1. The first-order chi connectivity index (χ1) is 8.70. The minimum absolute atomic E-state index is 0.250. The molecule has 0 spiro atoms. The fourth-order valence-electron chi connectivity index (χ4n) is 2.87. The third-order valence-corrected chi connectivity index (χ3v) is 3.88. The van der Waals surface area contributed by atoms with E-state index >= 15 is 0 Å². The topological polar surface area (TPSA) is 46.5 Å². The maximum atomic E-state index is 11.4. The number of carbonyl (C=O) groups is 1. The van der Waals surface area contributed by atoms with Gasteiger partial charge in [-0.1, -0.05) is 25.0 Å².